The van der Waals surface area contributed by atoms with Gasteiger partial charge in [0.1, 0.15) is 18.1 Å². The third-order valence-electron chi connectivity index (χ3n) is 4.59. The van der Waals surface area contributed by atoms with Gasteiger partial charge in [-0.25, -0.2) is 0 Å². The number of nitrogens with one attached hydrogen (secondary N) is 1. The van der Waals surface area contributed by atoms with Crippen LogP contribution >= 0.6 is 28.1 Å². The minimum atomic E-state index is 0.0122. The maximum atomic E-state index is 12.5. The Hall–Kier alpha value is -2.65. The molecular formula is C21H23BrN4O3S. The van der Waals surface area contributed by atoms with Gasteiger partial charge >= 0.3 is 0 Å². The van der Waals surface area contributed by atoms with Crippen LogP contribution in [0.2, 0.25) is 0 Å². The number of H-pyrrole nitrogens is 1. The van der Waals surface area contributed by atoms with Crippen molar-refractivity contribution < 1.29 is 14.3 Å². The molecule has 0 bridgehead atoms. The molecule has 3 aromatic rings. The summed E-state index contributed by atoms with van der Waals surface area (Å²) in [5.41, 5.74) is 0.895. The van der Waals surface area contributed by atoms with Crippen LogP contribution in [0.25, 0.3) is 11.4 Å². The largest absolute Gasteiger partial charge is 0.497 e. The fourth-order valence-electron chi connectivity index (χ4n) is 2.84. The lowest BCUT2D eigenvalue weighted by Gasteiger charge is -2.18. The van der Waals surface area contributed by atoms with Crippen LogP contribution in [0, 0.1) is 4.77 Å². The molecule has 1 amide bonds. The van der Waals surface area contributed by atoms with Gasteiger partial charge in [0.05, 0.1) is 13.7 Å². The van der Waals surface area contributed by atoms with Gasteiger partial charge in [-0.05, 0) is 60.7 Å². The molecule has 1 aromatic heterocycles. The number of methoxy groups -OCH3 is 1. The van der Waals surface area contributed by atoms with Crippen LogP contribution in [0.3, 0.4) is 0 Å². The van der Waals surface area contributed by atoms with Crippen molar-refractivity contribution in [2.75, 3.05) is 27.3 Å². The number of carbonyl (C=O) groups is 1. The van der Waals surface area contributed by atoms with E-state index in [0.29, 0.717) is 36.7 Å². The van der Waals surface area contributed by atoms with Crippen molar-refractivity contribution in [3.63, 3.8) is 0 Å². The molecule has 1 heterocycles. The topological polar surface area (TPSA) is 72.4 Å². The molecule has 0 saturated carbocycles. The highest BCUT2D eigenvalue weighted by Crippen LogP contribution is 2.21. The number of halogens is 1. The number of benzene rings is 2. The lowest BCUT2D eigenvalue weighted by molar-refractivity contribution is -0.130. The van der Waals surface area contributed by atoms with Crippen LogP contribution < -0.4 is 9.47 Å². The lowest BCUT2D eigenvalue weighted by atomic mass is 10.2. The molecule has 2 aromatic carbocycles. The first-order valence-corrected chi connectivity index (χ1v) is 10.6. The van der Waals surface area contributed by atoms with Gasteiger partial charge in [0.15, 0.2) is 10.6 Å². The quantitative estimate of drug-likeness (QED) is 0.452. The number of likely N-dealkylation sites (N-methyl/N-ethyl adjacent to an activating group) is 1. The van der Waals surface area contributed by atoms with Gasteiger partial charge in [0.2, 0.25) is 5.91 Å². The van der Waals surface area contributed by atoms with E-state index >= 15 is 0 Å². The minimum absolute atomic E-state index is 0.0122. The number of carbonyl (C=O) groups excluding carboxylic acids is 1. The first-order valence-electron chi connectivity index (χ1n) is 9.40. The van der Waals surface area contributed by atoms with E-state index in [1.54, 1.807) is 19.1 Å². The maximum Gasteiger partial charge on any atom is 0.224 e. The summed E-state index contributed by atoms with van der Waals surface area (Å²) in [5.74, 6) is 2.24. The highest BCUT2D eigenvalue weighted by molar-refractivity contribution is 9.10. The number of ether oxygens (including phenoxy) is 2. The molecule has 0 aliphatic heterocycles. The average molecular weight is 491 g/mol. The van der Waals surface area contributed by atoms with E-state index in [9.17, 15) is 4.79 Å². The minimum Gasteiger partial charge on any atom is -0.497 e. The SMILES string of the molecule is COc1ccc(-c2n[nH]c(=S)n2CCC(=O)N(C)CCOc2ccc(Br)cc2)cc1. The normalized spacial score (nSPS) is 10.6. The molecular weight excluding hydrogens is 468 g/mol. The van der Waals surface area contributed by atoms with Crippen molar-refractivity contribution >= 4 is 34.1 Å². The Kier molecular flexibility index (Phi) is 7.64. The van der Waals surface area contributed by atoms with Gasteiger partial charge in [-0.15, -0.1) is 0 Å². The van der Waals surface area contributed by atoms with Crippen LogP contribution in [-0.2, 0) is 11.3 Å². The smallest absolute Gasteiger partial charge is 0.224 e. The Labute approximate surface area is 188 Å². The van der Waals surface area contributed by atoms with Crippen LogP contribution in [0.15, 0.2) is 53.0 Å². The first-order chi connectivity index (χ1) is 14.5. The zero-order valence-electron chi connectivity index (χ0n) is 16.8. The number of aromatic nitrogens is 3. The standard InChI is InChI=1S/C21H23BrN4O3S/c1-25(13-14-29-18-9-5-16(22)6-10-18)19(27)11-12-26-20(23-24-21(26)30)15-3-7-17(28-2)8-4-15/h3-10H,11-14H2,1-2H3,(H,24,30). The maximum absolute atomic E-state index is 12.5. The van der Waals surface area contributed by atoms with Crippen molar-refractivity contribution in [1.82, 2.24) is 19.7 Å². The third-order valence-corrected chi connectivity index (χ3v) is 5.43. The summed E-state index contributed by atoms with van der Waals surface area (Å²) in [4.78, 5) is 14.2. The molecule has 3 rings (SSSR count). The molecule has 0 radical (unpaired) electrons. The van der Waals surface area contributed by atoms with Crippen LogP contribution in [0.5, 0.6) is 11.5 Å². The molecule has 0 spiro atoms. The average Bonchev–Trinajstić information content (AvgIpc) is 3.13. The number of hydrogen-bond donors (Lipinski definition) is 1. The monoisotopic (exact) mass is 490 g/mol. The van der Waals surface area contributed by atoms with Gasteiger partial charge < -0.3 is 14.4 Å². The predicted octanol–water partition coefficient (Wildman–Crippen LogP) is 4.31. The van der Waals surface area contributed by atoms with Crippen molar-refractivity contribution in [1.29, 1.82) is 0 Å². The highest BCUT2D eigenvalue weighted by atomic mass is 79.9. The molecule has 0 aliphatic rings. The molecule has 0 unspecified atom stereocenters. The van der Waals surface area contributed by atoms with Crippen molar-refractivity contribution in [2.24, 2.45) is 0 Å². The summed E-state index contributed by atoms with van der Waals surface area (Å²) >= 11 is 8.74. The van der Waals surface area contributed by atoms with Crippen LogP contribution in [0.4, 0.5) is 0 Å². The second-order valence-electron chi connectivity index (χ2n) is 6.60. The van der Waals surface area contributed by atoms with Gasteiger partial charge in [0, 0.05) is 30.0 Å². The zero-order chi connectivity index (χ0) is 21.5. The van der Waals surface area contributed by atoms with E-state index in [1.807, 2.05) is 53.1 Å². The number of amides is 1. The molecule has 158 valence electrons. The predicted molar refractivity (Wildman–Crippen MR) is 121 cm³/mol. The lowest BCUT2D eigenvalue weighted by Crippen LogP contribution is -2.31. The Morgan fingerprint density at radius 3 is 2.50 bits per heavy atom. The first kappa shape index (κ1) is 22.0. The summed E-state index contributed by atoms with van der Waals surface area (Å²) in [7, 11) is 3.39. The molecule has 0 atom stereocenters. The number of nitrogens with zero attached hydrogens (tertiary/aromatic N) is 3. The van der Waals surface area contributed by atoms with Gasteiger partial charge in [-0.1, -0.05) is 15.9 Å². The van der Waals surface area contributed by atoms with Crippen LogP contribution in [0.1, 0.15) is 6.42 Å². The molecule has 7 nitrogen and oxygen atoms in total. The second-order valence-corrected chi connectivity index (χ2v) is 7.90. The summed E-state index contributed by atoms with van der Waals surface area (Å²) < 4.78 is 14.2. The fourth-order valence-corrected chi connectivity index (χ4v) is 3.33. The Bertz CT molecular complexity index is 1030. The van der Waals surface area contributed by atoms with Crippen LogP contribution in [-0.4, -0.2) is 52.9 Å². The third kappa shape index (κ3) is 5.70. The van der Waals surface area contributed by atoms with E-state index in [2.05, 4.69) is 26.1 Å². The van der Waals surface area contributed by atoms with Crippen molar-refractivity contribution in [3.8, 4) is 22.9 Å². The van der Waals surface area contributed by atoms with Gasteiger partial charge in [0.25, 0.3) is 0 Å². The number of hydrogen-bond acceptors (Lipinski definition) is 5. The summed E-state index contributed by atoms with van der Waals surface area (Å²) in [6.07, 6.45) is 0.311. The Morgan fingerprint density at radius 1 is 1.17 bits per heavy atom. The molecule has 1 N–H and O–H groups in total. The molecule has 0 fully saturated rings. The Balaban J connectivity index is 1.54. The number of rotatable bonds is 9. The highest BCUT2D eigenvalue weighted by Gasteiger charge is 2.13. The van der Waals surface area contributed by atoms with Crippen molar-refractivity contribution in [3.05, 3.63) is 57.8 Å². The zero-order valence-corrected chi connectivity index (χ0v) is 19.2. The molecule has 0 aliphatic carbocycles. The van der Waals surface area contributed by atoms with E-state index in [4.69, 9.17) is 21.7 Å². The van der Waals surface area contributed by atoms with E-state index in [-0.39, 0.29) is 5.91 Å². The summed E-state index contributed by atoms with van der Waals surface area (Å²) in [6, 6.07) is 15.1. The van der Waals surface area contributed by atoms with Crippen molar-refractivity contribution in [2.45, 2.75) is 13.0 Å². The molecule has 9 heteroatoms. The van der Waals surface area contributed by atoms with Gasteiger partial charge in [-0.2, -0.15) is 5.10 Å². The Morgan fingerprint density at radius 2 is 1.83 bits per heavy atom. The number of aromatic amines is 1. The second kappa shape index (κ2) is 10.4. The molecule has 0 saturated heterocycles. The van der Waals surface area contributed by atoms with E-state index < -0.39 is 0 Å². The summed E-state index contributed by atoms with van der Waals surface area (Å²) in [6.45, 7) is 1.36. The fraction of sp³-hybridized carbons (Fsp3) is 0.286. The summed E-state index contributed by atoms with van der Waals surface area (Å²) in [5, 5.41) is 7.12. The molecule has 30 heavy (non-hydrogen) atoms. The van der Waals surface area contributed by atoms with E-state index in [1.165, 1.54) is 0 Å². The van der Waals surface area contributed by atoms with E-state index in [0.717, 1.165) is 21.5 Å². The van der Waals surface area contributed by atoms with Gasteiger partial charge in [-0.3, -0.25) is 14.5 Å².